The van der Waals surface area contributed by atoms with Crippen LogP contribution in [0, 0.1) is 0 Å². The summed E-state index contributed by atoms with van der Waals surface area (Å²) >= 11 is 0. The van der Waals surface area contributed by atoms with Crippen LogP contribution in [0.3, 0.4) is 0 Å². The molecule has 0 radical (unpaired) electrons. The molecule has 8 nitrogen and oxygen atoms in total. The maximum Gasteiger partial charge on any atom is 0.328 e. The van der Waals surface area contributed by atoms with Crippen LogP contribution in [0.2, 0.25) is 0 Å². The zero-order valence-electron chi connectivity index (χ0n) is 13.7. The molecule has 1 aliphatic heterocycles. The lowest BCUT2D eigenvalue weighted by atomic mass is 10.2. The van der Waals surface area contributed by atoms with Crippen LogP contribution in [0.1, 0.15) is 5.56 Å². The van der Waals surface area contributed by atoms with Gasteiger partial charge in [-0.1, -0.05) is 12.1 Å². The minimum absolute atomic E-state index is 0.284. The van der Waals surface area contributed by atoms with Crippen LogP contribution in [0.25, 0.3) is 11.2 Å². The minimum atomic E-state index is -0.284. The molecule has 25 heavy (non-hydrogen) atoms. The highest BCUT2D eigenvalue weighted by Gasteiger charge is 2.15. The van der Waals surface area contributed by atoms with Crippen molar-refractivity contribution in [3.8, 4) is 0 Å². The number of rotatable bonds is 1. The number of hydrogen-bond acceptors (Lipinski definition) is 6. The Kier molecular flexibility index (Phi) is 3.95. The smallest absolute Gasteiger partial charge is 0.328 e. The van der Waals surface area contributed by atoms with Gasteiger partial charge in [0.2, 0.25) is 0 Å². The van der Waals surface area contributed by atoms with E-state index in [0.717, 1.165) is 16.9 Å². The number of nitrogens with one attached hydrogen (secondary N) is 3. The van der Waals surface area contributed by atoms with Gasteiger partial charge in [-0.2, -0.15) is 0 Å². The summed E-state index contributed by atoms with van der Waals surface area (Å²) in [4.78, 5) is 21.3. The first-order chi connectivity index (χ1) is 12.2. The van der Waals surface area contributed by atoms with Crippen molar-refractivity contribution in [2.75, 3.05) is 30.8 Å². The third-order valence-corrected chi connectivity index (χ3v) is 3.98. The molecule has 1 amide bonds. The van der Waals surface area contributed by atoms with Gasteiger partial charge in [-0.15, -0.1) is 0 Å². The Hall–Kier alpha value is -3.13. The number of aromatic nitrogens is 3. The molecule has 0 fully saturated rings. The number of ether oxygens (including phenoxy) is 1. The van der Waals surface area contributed by atoms with Crippen LogP contribution in [0.15, 0.2) is 36.7 Å². The Bertz CT molecular complexity index is 936. The lowest BCUT2D eigenvalue weighted by molar-refractivity contribution is 0.123. The highest BCUT2D eigenvalue weighted by Crippen LogP contribution is 2.26. The summed E-state index contributed by atoms with van der Waals surface area (Å²) in [6.07, 6.45) is 1.48. The van der Waals surface area contributed by atoms with Crippen molar-refractivity contribution in [1.29, 1.82) is 0 Å². The van der Waals surface area contributed by atoms with E-state index >= 15 is 0 Å². The fraction of sp³-hybridized carbons (Fsp3) is 0.235. The predicted molar refractivity (Wildman–Crippen MR) is 95.3 cm³/mol. The van der Waals surface area contributed by atoms with Crippen molar-refractivity contribution in [1.82, 2.24) is 19.9 Å². The molecule has 128 valence electrons. The van der Waals surface area contributed by atoms with Crippen molar-refractivity contribution in [3.05, 3.63) is 42.2 Å². The summed E-state index contributed by atoms with van der Waals surface area (Å²) < 4.78 is 7.02. The molecule has 0 saturated heterocycles. The largest absolute Gasteiger partial charge is 0.386 e. The van der Waals surface area contributed by atoms with E-state index in [1.807, 2.05) is 37.4 Å². The van der Waals surface area contributed by atoms with Crippen LogP contribution in [0.4, 0.5) is 22.0 Å². The fourth-order valence-corrected chi connectivity index (χ4v) is 2.79. The SMILES string of the molecule is CNc1cc2nc3c1ncn3C(=O)NCCOCc1cccc(c1)N2. The number of imidazole rings is 1. The Balaban J connectivity index is 1.85. The topological polar surface area (TPSA) is 93.1 Å². The fourth-order valence-electron chi connectivity index (χ4n) is 2.79. The molecule has 4 bridgehead atoms. The Morgan fingerprint density at radius 1 is 1.32 bits per heavy atom. The van der Waals surface area contributed by atoms with Gasteiger partial charge in [0.05, 0.1) is 18.9 Å². The van der Waals surface area contributed by atoms with Crippen LogP contribution in [-0.4, -0.2) is 40.8 Å². The Morgan fingerprint density at radius 2 is 2.24 bits per heavy atom. The van der Waals surface area contributed by atoms with Crippen LogP contribution >= 0.6 is 0 Å². The summed E-state index contributed by atoms with van der Waals surface area (Å²) in [6.45, 7) is 1.32. The standard InChI is InChI=1S/C17H18N6O2/c1-18-13-8-14-21-12-4-2-3-11(7-12)9-25-6-5-19-17(24)23-10-20-15(13)16(23)22-14/h2-4,7-8,10H,5-6,9H2,1H3,(H,19,24)(H2,18,21,22). The number of hydrogen-bond donors (Lipinski definition) is 3. The molecule has 0 aliphatic carbocycles. The first-order valence-corrected chi connectivity index (χ1v) is 8.02. The molecule has 0 atom stereocenters. The molecule has 3 heterocycles. The Labute approximate surface area is 144 Å². The predicted octanol–water partition coefficient (Wildman–Crippen LogP) is 2.30. The van der Waals surface area contributed by atoms with Gasteiger partial charge in [0.25, 0.3) is 0 Å². The molecular formula is C17H18N6O2. The number of carbonyl (C=O) groups is 1. The van der Waals surface area contributed by atoms with Crippen molar-refractivity contribution >= 4 is 34.4 Å². The summed E-state index contributed by atoms with van der Waals surface area (Å²) in [5.74, 6) is 0.626. The van der Waals surface area contributed by atoms with E-state index in [1.165, 1.54) is 10.9 Å². The summed E-state index contributed by atoms with van der Waals surface area (Å²) in [5, 5.41) is 9.20. The zero-order chi connectivity index (χ0) is 17.2. The lowest BCUT2D eigenvalue weighted by Gasteiger charge is -2.13. The number of anilines is 3. The second-order valence-corrected chi connectivity index (χ2v) is 5.70. The highest BCUT2D eigenvalue weighted by molar-refractivity contribution is 5.94. The van der Waals surface area contributed by atoms with E-state index in [4.69, 9.17) is 4.74 Å². The summed E-state index contributed by atoms with van der Waals surface area (Å²) in [5.41, 5.74) is 3.88. The number of pyridine rings is 1. The summed E-state index contributed by atoms with van der Waals surface area (Å²) in [7, 11) is 1.81. The van der Waals surface area contributed by atoms with E-state index in [2.05, 4.69) is 25.9 Å². The van der Waals surface area contributed by atoms with E-state index in [0.29, 0.717) is 36.7 Å². The Morgan fingerprint density at radius 3 is 3.12 bits per heavy atom. The molecule has 3 N–H and O–H groups in total. The van der Waals surface area contributed by atoms with Gasteiger partial charge in [0.1, 0.15) is 17.7 Å². The molecule has 1 aliphatic rings. The molecule has 2 aromatic heterocycles. The van der Waals surface area contributed by atoms with E-state index in [9.17, 15) is 4.79 Å². The quantitative estimate of drug-likeness (QED) is 0.630. The van der Waals surface area contributed by atoms with E-state index in [-0.39, 0.29) is 6.03 Å². The van der Waals surface area contributed by atoms with Crippen LogP contribution < -0.4 is 16.0 Å². The first-order valence-electron chi connectivity index (χ1n) is 8.02. The van der Waals surface area contributed by atoms with Crippen molar-refractivity contribution in [2.45, 2.75) is 6.61 Å². The number of fused-ring (bicyclic) bond motifs is 3. The maximum absolute atomic E-state index is 12.4. The van der Waals surface area contributed by atoms with Gasteiger partial charge >= 0.3 is 6.03 Å². The average Bonchev–Trinajstić information content (AvgIpc) is 3.04. The van der Waals surface area contributed by atoms with Crippen molar-refractivity contribution < 1.29 is 9.53 Å². The summed E-state index contributed by atoms with van der Waals surface area (Å²) in [6, 6.07) is 9.54. The molecule has 0 unspecified atom stereocenters. The molecule has 3 aromatic rings. The second-order valence-electron chi connectivity index (χ2n) is 5.70. The monoisotopic (exact) mass is 338 g/mol. The van der Waals surface area contributed by atoms with Crippen molar-refractivity contribution in [3.63, 3.8) is 0 Å². The third-order valence-electron chi connectivity index (χ3n) is 3.98. The lowest BCUT2D eigenvalue weighted by Crippen LogP contribution is -2.31. The normalized spacial score (nSPS) is 14.7. The number of amides is 1. The molecular weight excluding hydrogens is 320 g/mol. The zero-order valence-corrected chi connectivity index (χ0v) is 13.7. The van der Waals surface area contributed by atoms with Gasteiger partial charge in [0.15, 0.2) is 5.65 Å². The van der Waals surface area contributed by atoms with Gasteiger partial charge < -0.3 is 20.7 Å². The average molecular weight is 338 g/mol. The first kappa shape index (κ1) is 15.4. The molecule has 0 spiro atoms. The second kappa shape index (κ2) is 6.40. The maximum atomic E-state index is 12.4. The van der Waals surface area contributed by atoms with E-state index in [1.54, 1.807) is 0 Å². The van der Waals surface area contributed by atoms with Crippen LogP contribution in [-0.2, 0) is 11.3 Å². The van der Waals surface area contributed by atoms with E-state index < -0.39 is 0 Å². The van der Waals surface area contributed by atoms with Crippen molar-refractivity contribution in [2.24, 2.45) is 0 Å². The molecule has 0 saturated carbocycles. The molecule has 8 heteroatoms. The number of nitrogens with zero attached hydrogens (tertiary/aromatic N) is 3. The van der Waals surface area contributed by atoms with Gasteiger partial charge in [0, 0.05) is 25.3 Å². The third kappa shape index (κ3) is 2.99. The number of carbonyl (C=O) groups excluding carboxylic acids is 1. The molecule has 4 rings (SSSR count). The molecule has 1 aromatic carbocycles. The highest BCUT2D eigenvalue weighted by atomic mass is 16.5. The van der Waals surface area contributed by atoms with Gasteiger partial charge in [-0.05, 0) is 17.7 Å². The van der Waals surface area contributed by atoms with Gasteiger partial charge in [-0.3, -0.25) is 0 Å². The number of benzene rings is 1. The van der Waals surface area contributed by atoms with Gasteiger partial charge in [-0.25, -0.2) is 19.3 Å². The minimum Gasteiger partial charge on any atom is -0.386 e. The van der Waals surface area contributed by atoms with Crippen LogP contribution in [0.5, 0.6) is 0 Å².